The highest BCUT2D eigenvalue weighted by Gasteiger charge is 2.24. The number of rotatable bonds is 2. The van der Waals surface area contributed by atoms with Crippen LogP contribution in [0.1, 0.15) is 22.5 Å². The van der Waals surface area contributed by atoms with Gasteiger partial charge in [-0.25, -0.2) is 4.39 Å². The van der Waals surface area contributed by atoms with E-state index in [2.05, 4.69) is 5.32 Å². The number of fused-ring (bicyclic) bond motifs is 1. The molecule has 0 saturated heterocycles. The van der Waals surface area contributed by atoms with Gasteiger partial charge in [-0.3, -0.25) is 4.79 Å². The summed E-state index contributed by atoms with van der Waals surface area (Å²) in [6.07, 6.45) is 2.15. The Kier molecular flexibility index (Phi) is 2.17. The van der Waals surface area contributed by atoms with Crippen molar-refractivity contribution in [3.63, 3.8) is 0 Å². The number of hydrogen-bond donors (Lipinski definition) is 1. The molecule has 0 atom stereocenters. The van der Waals surface area contributed by atoms with Gasteiger partial charge in [0.05, 0.1) is 4.88 Å². The van der Waals surface area contributed by atoms with Crippen molar-refractivity contribution >= 4 is 27.3 Å². The lowest BCUT2D eigenvalue weighted by atomic mass is 10.2. The Hall–Kier alpha value is -1.42. The number of thiophene rings is 1. The molecule has 82 valence electrons. The maximum Gasteiger partial charge on any atom is 0.261 e. The van der Waals surface area contributed by atoms with Crippen LogP contribution in [0, 0.1) is 5.82 Å². The average Bonchev–Trinajstić information content (AvgIpc) is 2.95. The summed E-state index contributed by atoms with van der Waals surface area (Å²) in [7, 11) is 0. The minimum absolute atomic E-state index is 0.0379. The molecule has 2 aromatic rings. The fourth-order valence-electron chi connectivity index (χ4n) is 1.60. The van der Waals surface area contributed by atoms with Crippen LogP contribution in [0.3, 0.4) is 0 Å². The number of benzene rings is 1. The third-order valence-corrected chi connectivity index (χ3v) is 3.72. The van der Waals surface area contributed by atoms with E-state index < -0.39 is 0 Å². The number of halogens is 1. The number of carbonyl (C=O) groups excluding carboxylic acids is 1. The molecule has 0 spiro atoms. The Morgan fingerprint density at radius 3 is 2.94 bits per heavy atom. The molecule has 1 aromatic carbocycles. The van der Waals surface area contributed by atoms with Crippen molar-refractivity contribution in [1.82, 2.24) is 5.32 Å². The van der Waals surface area contributed by atoms with Gasteiger partial charge in [0.25, 0.3) is 5.91 Å². The molecule has 2 nitrogen and oxygen atoms in total. The summed E-state index contributed by atoms with van der Waals surface area (Å²) >= 11 is 1.34. The van der Waals surface area contributed by atoms with Crippen molar-refractivity contribution in [2.75, 3.05) is 0 Å². The molecule has 1 heterocycles. The van der Waals surface area contributed by atoms with Gasteiger partial charge in [-0.15, -0.1) is 11.3 Å². The Balaban J connectivity index is 1.94. The Morgan fingerprint density at radius 2 is 2.19 bits per heavy atom. The van der Waals surface area contributed by atoms with Crippen molar-refractivity contribution < 1.29 is 9.18 Å². The van der Waals surface area contributed by atoms with E-state index in [1.165, 1.54) is 23.5 Å². The van der Waals surface area contributed by atoms with Crippen LogP contribution in [0.5, 0.6) is 0 Å². The van der Waals surface area contributed by atoms with Crippen LogP contribution in [0.2, 0.25) is 0 Å². The number of nitrogens with one attached hydrogen (secondary N) is 1. The zero-order chi connectivity index (χ0) is 11.1. The first-order valence-corrected chi connectivity index (χ1v) is 6.04. The summed E-state index contributed by atoms with van der Waals surface area (Å²) in [5, 5.41) is 3.85. The van der Waals surface area contributed by atoms with Crippen molar-refractivity contribution in [2.45, 2.75) is 18.9 Å². The summed E-state index contributed by atoms with van der Waals surface area (Å²) in [6, 6.07) is 6.76. The molecule has 0 bridgehead atoms. The SMILES string of the molecule is O=C(NC1CC1)c1cc2ccc(F)cc2s1. The van der Waals surface area contributed by atoms with Crippen LogP contribution >= 0.6 is 11.3 Å². The lowest BCUT2D eigenvalue weighted by Crippen LogP contribution is -2.24. The second-order valence-electron chi connectivity index (χ2n) is 4.04. The molecular weight excluding hydrogens is 225 g/mol. The van der Waals surface area contributed by atoms with E-state index in [4.69, 9.17) is 0 Å². The maximum atomic E-state index is 13.0. The predicted molar refractivity (Wildman–Crippen MR) is 62.3 cm³/mol. The third-order valence-electron chi connectivity index (χ3n) is 2.62. The van der Waals surface area contributed by atoms with E-state index in [-0.39, 0.29) is 11.7 Å². The first-order valence-electron chi connectivity index (χ1n) is 5.22. The summed E-state index contributed by atoms with van der Waals surface area (Å²) in [5.41, 5.74) is 0. The van der Waals surface area contributed by atoms with Crippen molar-refractivity contribution in [3.05, 3.63) is 35.0 Å². The molecule has 1 amide bonds. The fraction of sp³-hybridized carbons (Fsp3) is 0.250. The molecule has 1 fully saturated rings. The minimum atomic E-state index is -0.261. The lowest BCUT2D eigenvalue weighted by molar-refractivity contribution is 0.0955. The van der Waals surface area contributed by atoms with Crippen molar-refractivity contribution in [1.29, 1.82) is 0 Å². The van der Waals surface area contributed by atoms with Crippen LogP contribution in [0.15, 0.2) is 24.3 Å². The topological polar surface area (TPSA) is 29.1 Å². The molecule has 16 heavy (non-hydrogen) atoms. The predicted octanol–water partition coefficient (Wildman–Crippen LogP) is 2.93. The second kappa shape index (κ2) is 3.56. The molecule has 1 N–H and O–H groups in total. The van der Waals surface area contributed by atoms with Gasteiger partial charge in [0.2, 0.25) is 0 Å². The summed E-state index contributed by atoms with van der Waals surface area (Å²) in [6.45, 7) is 0. The van der Waals surface area contributed by atoms with E-state index in [9.17, 15) is 9.18 Å². The van der Waals surface area contributed by atoms with Crippen LogP contribution in [0.4, 0.5) is 4.39 Å². The molecule has 0 aliphatic heterocycles. The highest BCUT2D eigenvalue weighted by molar-refractivity contribution is 7.20. The molecule has 1 saturated carbocycles. The van der Waals surface area contributed by atoms with Crippen LogP contribution in [0.25, 0.3) is 10.1 Å². The van der Waals surface area contributed by atoms with Gasteiger partial charge < -0.3 is 5.32 Å². The third kappa shape index (κ3) is 1.80. The number of hydrogen-bond acceptors (Lipinski definition) is 2. The highest BCUT2D eigenvalue weighted by atomic mass is 32.1. The summed E-state index contributed by atoms with van der Waals surface area (Å²) in [4.78, 5) is 12.4. The highest BCUT2D eigenvalue weighted by Crippen LogP contribution is 2.27. The van der Waals surface area contributed by atoms with Gasteiger partial charge in [-0.1, -0.05) is 6.07 Å². The molecule has 1 aliphatic rings. The van der Waals surface area contributed by atoms with E-state index in [1.807, 2.05) is 6.07 Å². The fourth-order valence-corrected chi connectivity index (χ4v) is 2.59. The summed E-state index contributed by atoms with van der Waals surface area (Å²) in [5.74, 6) is -0.299. The van der Waals surface area contributed by atoms with Crippen LogP contribution in [-0.4, -0.2) is 11.9 Å². The van der Waals surface area contributed by atoms with E-state index in [0.717, 1.165) is 22.9 Å². The van der Waals surface area contributed by atoms with Gasteiger partial charge in [0.15, 0.2) is 0 Å². The first kappa shape index (κ1) is 9.78. The normalized spacial score (nSPS) is 15.3. The van der Waals surface area contributed by atoms with Crippen molar-refractivity contribution in [3.8, 4) is 0 Å². The minimum Gasteiger partial charge on any atom is -0.349 e. The zero-order valence-electron chi connectivity index (χ0n) is 8.50. The van der Waals surface area contributed by atoms with E-state index >= 15 is 0 Å². The standard InChI is InChI=1S/C12H10FNOS/c13-8-2-1-7-5-11(16-10(7)6-8)12(15)14-9-3-4-9/h1-2,5-6,9H,3-4H2,(H,14,15). The first-order chi connectivity index (χ1) is 7.72. The largest absolute Gasteiger partial charge is 0.349 e. The molecular formula is C12H10FNOS. The van der Waals surface area contributed by atoms with Gasteiger partial charge in [0.1, 0.15) is 5.82 Å². The van der Waals surface area contributed by atoms with E-state index in [0.29, 0.717) is 10.9 Å². The smallest absolute Gasteiger partial charge is 0.261 e. The Morgan fingerprint density at radius 1 is 1.38 bits per heavy atom. The second-order valence-corrected chi connectivity index (χ2v) is 5.12. The van der Waals surface area contributed by atoms with Crippen LogP contribution in [-0.2, 0) is 0 Å². The van der Waals surface area contributed by atoms with Crippen LogP contribution < -0.4 is 5.32 Å². The van der Waals surface area contributed by atoms with Gasteiger partial charge >= 0.3 is 0 Å². The van der Waals surface area contributed by atoms with Gasteiger partial charge in [0, 0.05) is 10.7 Å². The Labute approximate surface area is 96.1 Å². The van der Waals surface area contributed by atoms with Crippen molar-refractivity contribution in [2.24, 2.45) is 0 Å². The number of amides is 1. The number of carbonyl (C=O) groups is 1. The zero-order valence-corrected chi connectivity index (χ0v) is 9.31. The average molecular weight is 235 g/mol. The molecule has 0 unspecified atom stereocenters. The molecule has 1 aromatic heterocycles. The molecule has 1 aliphatic carbocycles. The maximum absolute atomic E-state index is 13.0. The van der Waals surface area contributed by atoms with Gasteiger partial charge in [-0.2, -0.15) is 0 Å². The quantitative estimate of drug-likeness (QED) is 0.852. The molecule has 4 heteroatoms. The Bertz CT molecular complexity index is 559. The molecule has 3 rings (SSSR count). The van der Waals surface area contributed by atoms with E-state index in [1.54, 1.807) is 6.07 Å². The summed E-state index contributed by atoms with van der Waals surface area (Å²) < 4.78 is 13.8. The lowest BCUT2D eigenvalue weighted by Gasteiger charge is -1.98. The molecule has 0 radical (unpaired) electrons. The monoisotopic (exact) mass is 235 g/mol. The van der Waals surface area contributed by atoms with Gasteiger partial charge in [-0.05, 0) is 36.4 Å².